The number of nitrogens with zero attached hydrogens (tertiary/aromatic N) is 1. The molecule has 3 heteroatoms. The Bertz CT molecular complexity index is 110. The van der Waals surface area contributed by atoms with E-state index in [0.717, 1.165) is 0 Å². The molecule has 0 amide bonds. The van der Waals surface area contributed by atoms with Gasteiger partial charge in [0.2, 0.25) is 0 Å². The van der Waals surface area contributed by atoms with Crippen molar-refractivity contribution in [1.29, 1.82) is 0 Å². The van der Waals surface area contributed by atoms with Gasteiger partial charge in [0.25, 0.3) is 8.96 Å². The molecule has 1 aliphatic heterocycles. The molecule has 62 valence electrons. The van der Waals surface area contributed by atoms with E-state index in [-0.39, 0.29) is 29.2 Å². The van der Waals surface area contributed by atoms with Crippen molar-refractivity contribution in [2.24, 2.45) is 0 Å². The quantitative estimate of drug-likeness (QED) is 0.426. The average molecular weight is 166 g/mol. The largest absolute Gasteiger partial charge is 1.00 e. The van der Waals surface area contributed by atoms with Gasteiger partial charge >= 0.3 is 18.9 Å². The molecule has 1 rings (SSSR count). The second-order valence-corrected chi connectivity index (χ2v) is 8.42. The minimum Gasteiger partial charge on any atom is -1.00 e. The van der Waals surface area contributed by atoms with Crippen molar-refractivity contribution in [1.82, 2.24) is 0 Å². The summed E-state index contributed by atoms with van der Waals surface area (Å²) in [6.07, 6.45) is 4.54. The van der Waals surface area contributed by atoms with Gasteiger partial charge in [0, 0.05) is 0 Å². The summed E-state index contributed by atoms with van der Waals surface area (Å²) in [7, 11) is 6.75. The molecule has 0 radical (unpaired) electrons. The zero-order valence-electron chi connectivity index (χ0n) is 9.56. The summed E-state index contributed by atoms with van der Waals surface area (Å²) in [6.45, 7) is 0. The fourth-order valence-corrected chi connectivity index (χ4v) is 5.21. The van der Waals surface area contributed by atoms with E-state index in [1.54, 1.807) is 12.1 Å². The number of rotatable bonds is 1. The Morgan fingerprint density at radius 2 is 1.45 bits per heavy atom. The molecule has 0 unspecified atom stereocenters. The van der Waals surface area contributed by atoms with Crippen LogP contribution in [0.25, 0.3) is 0 Å². The van der Waals surface area contributed by atoms with Crippen LogP contribution in [0.4, 0.5) is 0 Å². The summed E-state index contributed by atoms with van der Waals surface area (Å²) < 4.78 is 1.31. The van der Waals surface area contributed by atoms with E-state index in [0.29, 0.717) is 0 Å². The zero-order chi connectivity index (χ0) is 7.61. The van der Waals surface area contributed by atoms with Crippen LogP contribution in [0.3, 0.4) is 0 Å². The van der Waals surface area contributed by atoms with Crippen LogP contribution in [0.15, 0.2) is 0 Å². The summed E-state index contributed by atoms with van der Waals surface area (Å²) in [5.74, 6) is 0. The van der Waals surface area contributed by atoms with Crippen LogP contribution in [-0.2, 0) is 0 Å². The smallest absolute Gasteiger partial charge is 1.00 e. The predicted octanol–water partition coefficient (Wildman–Crippen LogP) is -1.28. The van der Waals surface area contributed by atoms with Crippen molar-refractivity contribution in [3.05, 3.63) is 0 Å². The first-order valence-electron chi connectivity index (χ1n) is 4.42. The molecule has 1 aliphatic rings. The molecule has 0 aromatic rings. The fourth-order valence-electron chi connectivity index (χ4n) is 1.86. The topological polar surface area (TPSA) is 0 Å². The summed E-state index contributed by atoms with van der Waals surface area (Å²) in [6, 6.07) is 3.17. The Kier molecular flexibility index (Phi) is 5.05. The van der Waals surface area contributed by atoms with E-state index in [2.05, 4.69) is 21.1 Å². The molecule has 1 fully saturated rings. The molecule has 11 heavy (non-hydrogen) atoms. The zero-order valence-corrected chi connectivity index (χ0v) is 9.71. The third-order valence-corrected chi connectivity index (χ3v) is 7.01. The number of quaternary nitrogens is 1. The third-order valence-electron chi connectivity index (χ3n) is 2.67. The van der Waals surface area contributed by atoms with E-state index in [9.17, 15) is 0 Å². The molecule has 1 saturated heterocycles. The van der Waals surface area contributed by atoms with Gasteiger partial charge in [-0.15, -0.1) is 0 Å². The number of hydrogen-bond acceptors (Lipinski definition) is 0. The van der Waals surface area contributed by atoms with E-state index >= 15 is 0 Å². The maximum absolute atomic E-state index is 2.38. The molecule has 0 aromatic carbocycles. The van der Waals surface area contributed by atoms with Crippen LogP contribution >= 0.6 is 0 Å². The van der Waals surface area contributed by atoms with Gasteiger partial charge in [0.1, 0.15) is 0 Å². The molecular formula is C8H21LiNSi+. The van der Waals surface area contributed by atoms with Crippen LogP contribution in [0.1, 0.15) is 20.7 Å². The summed E-state index contributed by atoms with van der Waals surface area (Å²) in [5.41, 5.74) is 0. The van der Waals surface area contributed by atoms with Gasteiger partial charge in [0.05, 0.1) is 21.1 Å². The van der Waals surface area contributed by atoms with E-state index < -0.39 is 0 Å². The van der Waals surface area contributed by atoms with Gasteiger partial charge in [-0.2, -0.15) is 0 Å². The minimum atomic E-state index is -0.377. The first kappa shape index (κ1) is 11.8. The summed E-state index contributed by atoms with van der Waals surface area (Å²) >= 11 is 0. The maximum atomic E-state index is 2.38. The van der Waals surface area contributed by atoms with Crippen LogP contribution in [0, 0.1) is 0 Å². The third kappa shape index (κ3) is 3.80. The van der Waals surface area contributed by atoms with Gasteiger partial charge < -0.3 is 5.58 Å². The van der Waals surface area contributed by atoms with Crippen LogP contribution < -0.4 is 18.9 Å². The normalized spacial score (nSPS) is 21.0. The Morgan fingerprint density at radius 1 is 1.00 bits per heavy atom. The van der Waals surface area contributed by atoms with Crippen molar-refractivity contribution in [3.8, 4) is 0 Å². The first-order valence-corrected chi connectivity index (χ1v) is 6.57. The molecule has 0 spiro atoms. The van der Waals surface area contributed by atoms with Crippen LogP contribution in [-0.4, -0.2) is 34.2 Å². The first-order chi connectivity index (χ1) is 4.61. The maximum Gasteiger partial charge on any atom is 1.00 e. The van der Waals surface area contributed by atoms with Gasteiger partial charge in [-0.3, -0.25) is 0 Å². The molecule has 0 atom stereocenters. The molecule has 0 saturated carbocycles. The molecular weight excluding hydrogens is 145 g/mol. The Labute approximate surface area is 86.1 Å². The van der Waals surface area contributed by atoms with E-state index in [1.165, 1.54) is 23.4 Å². The SMILES string of the molecule is C[N+](C)(C)[SiH]1CCCCC1.[H-].[Li+]. The van der Waals surface area contributed by atoms with Crippen molar-refractivity contribution < 1.29 is 24.4 Å². The molecule has 0 aromatic heterocycles. The van der Waals surface area contributed by atoms with Gasteiger partial charge in [-0.1, -0.05) is 19.3 Å². The van der Waals surface area contributed by atoms with E-state index in [4.69, 9.17) is 0 Å². The molecule has 1 heterocycles. The van der Waals surface area contributed by atoms with Crippen molar-refractivity contribution in [2.75, 3.05) is 21.1 Å². The van der Waals surface area contributed by atoms with Crippen LogP contribution in [0.2, 0.25) is 12.1 Å². The second kappa shape index (κ2) is 4.72. The summed E-state index contributed by atoms with van der Waals surface area (Å²) in [5, 5.41) is 0. The van der Waals surface area contributed by atoms with Gasteiger partial charge in [-0.05, 0) is 12.1 Å². The summed E-state index contributed by atoms with van der Waals surface area (Å²) in [4.78, 5) is 0. The Hall–Kier alpha value is 0.774. The van der Waals surface area contributed by atoms with Crippen LogP contribution in [0.5, 0.6) is 0 Å². The van der Waals surface area contributed by atoms with Crippen molar-refractivity contribution in [3.63, 3.8) is 0 Å². The second-order valence-electron chi connectivity index (χ2n) is 4.41. The molecule has 0 bridgehead atoms. The predicted molar refractivity (Wildman–Crippen MR) is 49.8 cm³/mol. The molecule has 0 N–H and O–H groups in total. The molecule has 1 nitrogen and oxygen atoms in total. The fraction of sp³-hybridized carbons (Fsp3) is 1.00. The standard InChI is InChI=1S/C8H20NSi.Li.H/c1-9(2,3)10-7-5-4-6-8-10;;/h10H,4-8H2,1-3H3;;/q2*+1;-1. The monoisotopic (exact) mass is 166 g/mol. The van der Waals surface area contributed by atoms with Crippen molar-refractivity contribution >= 4 is 8.96 Å². The number of hydrogen-bond donors (Lipinski definition) is 0. The van der Waals surface area contributed by atoms with Gasteiger partial charge in [0.15, 0.2) is 0 Å². The molecule has 0 aliphatic carbocycles. The van der Waals surface area contributed by atoms with E-state index in [1.807, 2.05) is 0 Å². The van der Waals surface area contributed by atoms with Gasteiger partial charge in [-0.25, -0.2) is 0 Å². The van der Waals surface area contributed by atoms with Crippen molar-refractivity contribution in [2.45, 2.75) is 31.4 Å². The minimum absolute atomic E-state index is 0. The Balaban J connectivity index is 0. The Morgan fingerprint density at radius 3 is 1.73 bits per heavy atom. The average Bonchev–Trinajstić information content (AvgIpc) is 1.88.